The number of aromatic amines is 1. The highest BCUT2D eigenvalue weighted by Gasteiger charge is 2.13. The number of ether oxygens (including phenoxy) is 2. The minimum atomic E-state index is -0.145. The van der Waals surface area contributed by atoms with E-state index in [-0.39, 0.29) is 12.3 Å². The highest BCUT2D eigenvalue weighted by Crippen LogP contribution is 2.29. The maximum atomic E-state index is 12.4. The molecule has 2 heterocycles. The number of nitrogens with zero attached hydrogens (tertiary/aromatic N) is 2. The summed E-state index contributed by atoms with van der Waals surface area (Å²) in [6.45, 7) is 0.423. The molecule has 0 unspecified atom stereocenters. The molecular weight excluding hydrogens is 372 g/mol. The van der Waals surface area contributed by atoms with Gasteiger partial charge in [-0.2, -0.15) is 5.10 Å². The van der Waals surface area contributed by atoms with E-state index in [1.165, 1.54) is 0 Å². The van der Waals surface area contributed by atoms with Crippen molar-refractivity contribution in [3.63, 3.8) is 0 Å². The Morgan fingerprint density at radius 2 is 2.19 bits per heavy atom. The van der Waals surface area contributed by atoms with Gasteiger partial charge in [-0.3, -0.25) is 14.5 Å². The van der Waals surface area contributed by atoms with E-state index in [0.29, 0.717) is 28.5 Å². The van der Waals surface area contributed by atoms with Crippen molar-refractivity contribution in [2.45, 2.75) is 13.0 Å². The topological polar surface area (TPSA) is 81.2 Å². The number of amides is 1. The molecular formula is C17H18N4O3S2. The standard InChI is InChI=1S/C17H18N4O3S2/c1-23-11-5-6-12(13(10-11)24-2)18-15(22)7-8-21-16(19-20-17(21)25)14-4-3-9-26-14/h3-6,9-10H,7-8H2,1-2H3,(H,18,22)(H,20,25). The van der Waals surface area contributed by atoms with E-state index < -0.39 is 0 Å². The summed E-state index contributed by atoms with van der Waals surface area (Å²) in [5.41, 5.74) is 0.590. The Labute approximate surface area is 159 Å². The average Bonchev–Trinajstić information content (AvgIpc) is 3.30. The molecule has 26 heavy (non-hydrogen) atoms. The van der Waals surface area contributed by atoms with Crippen molar-refractivity contribution in [2.75, 3.05) is 19.5 Å². The van der Waals surface area contributed by atoms with Crippen LogP contribution in [0.25, 0.3) is 10.7 Å². The summed E-state index contributed by atoms with van der Waals surface area (Å²) in [7, 11) is 3.12. The summed E-state index contributed by atoms with van der Waals surface area (Å²) in [4.78, 5) is 13.4. The quantitative estimate of drug-likeness (QED) is 0.601. The molecule has 0 bridgehead atoms. The fraction of sp³-hybridized carbons (Fsp3) is 0.235. The van der Waals surface area contributed by atoms with Crippen LogP contribution in [0.5, 0.6) is 11.5 Å². The Morgan fingerprint density at radius 3 is 2.88 bits per heavy atom. The maximum Gasteiger partial charge on any atom is 0.226 e. The van der Waals surface area contributed by atoms with Gasteiger partial charge in [0.15, 0.2) is 10.6 Å². The van der Waals surface area contributed by atoms with Crippen LogP contribution in [-0.4, -0.2) is 34.9 Å². The molecule has 0 saturated carbocycles. The third-order valence-electron chi connectivity index (χ3n) is 3.75. The lowest BCUT2D eigenvalue weighted by molar-refractivity contribution is -0.116. The summed E-state index contributed by atoms with van der Waals surface area (Å²) in [5, 5.41) is 11.9. The van der Waals surface area contributed by atoms with Crippen LogP contribution in [0, 0.1) is 4.77 Å². The van der Waals surface area contributed by atoms with Gasteiger partial charge in [0, 0.05) is 19.0 Å². The minimum absolute atomic E-state index is 0.145. The first-order chi connectivity index (χ1) is 12.6. The molecule has 0 atom stereocenters. The molecule has 1 amide bonds. The molecule has 1 aromatic carbocycles. The Balaban J connectivity index is 1.69. The molecule has 7 nitrogen and oxygen atoms in total. The number of anilines is 1. The van der Waals surface area contributed by atoms with Gasteiger partial charge in [-0.25, -0.2) is 0 Å². The van der Waals surface area contributed by atoms with E-state index in [4.69, 9.17) is 21.7 Å². The van der Waals surface area contributed by atoms with Crippen molar-refractivity contribution in [3.8, 4) is 22.2 Å². The number of rotatable bonds is 7. The van der Waals surface area contributed by atoms with E-state index in [1.54, 1.807) is 43.8 Å². The van der Waals surface area contributed by atoms with Crippen molar-refractivity contribution in [2.24, 2.45) is 0 Å². The van der Waals surface area contributed by atoms with E-state index in [9.17, 15) is 4.79 Å². The highest BCUT2D eigenvalue weighted by atomic mass is 32.1. The third kappa shape index (κ3) is 3.94. The zero-order valence-electron chi connectivity index (χ0n) is 14.3. The zero-order valence-corrected chi connectivity index (χ0v) is 15.9. The van der Waals surface area contributed by atoms with Gasteiger partial charge >= 0.3 is 0 Å². The lowest BCUT2D eigenvalue weighted by atomic mass is 10.2. The first-order valence-corrected chi connectivity index (χ1v) is 9.12. The summed E-state index contributed by atoms with van der Waals surface area (Å²) in [6.07, 6.45) is 0.251. The van der Waals surface area contributed by atoms with Crippen LogP contribution < -0.4 is 14.8 Å². The van der Waals surface area contributed by atoms with Crippen LogP contribution >= 0.6 is 23.6 Å². The minimum Gasteiger partial charge on any atom is -0.497 e. The molecule has 0 aliphatic heterocycles. The number of carbonyl (C=O) groups excluding carboxylic acids is 1. The van der Waals surface area contributed by atoms with Gasteiger partial charge in [0.05, 0.1) is 24.8 Å². The molecule has 0 aliphatic carbocycles. The third-order valence-corrected chi connectivity index (χ3v) is 4.92. The predicted molar refractivity (Wildman–Crippen MR) is 104 cm³/mol. The van der Waals surface area contributed by atoms with Gasteiger partial charge in [0.1, 0.15) is 11.5 Å². The fourth-order valence-electron chi connectivity index (χ4n) is 2.45. The van der Waals surface area contributed by atoms with Crippen LogP contribution in [0.3, 0.4) is 0 Å². The van der Waals surface area contributed by atoms with Crippen molar-refractivity contribution < 1.29 is 14.3 Å². The molecule has 0 aliphatic rings. The SMILES string of the molecule is COc1ccc(NC(=O)CCn2c(-c3cccs3)n[nH]c2=S)c(OC)c1. The first-order valence-electron chi connectivity index (χ1n) is 7.83. The number of aromatic nitrogens is 3. The molecule has 3 rings (SSSR count). The van der Waals surface area contributed by atoms with Crippen LogP contribution in [0.4, 0.5) is 5.69 Å². The molecule has 0 fully saturated rings. The fourth-order valence-corrected chi connectivity index (χ4v) is 3.39. The van der Waals surface area contributed by atoms with E-state index in [2.05, 4.69) is 15.5 Å². The Hall–Kier alpha value is -2.65. The molecule has 136 valence electrons. The van der Waals surface area contributed by atoms with Gasteiger partial charge < -0.3 is 14.8 Å². The molecule has 0 saturated heterocycles. The normalized spacial score (nSPS) is 10.5. The molecule has 9 heteroatoms. The molecule has 2 aromatic heterocycles. The number of H-pyrrole nitrogens is 1. The first kappa shape index (κ1) is 18.2. The zero-order chi connectivity index (χ0) is 18.5. The Bertz CT molecular complexity index is 947. The maximum absolute atomic E-state index is 12.4. The van der Waals surface area contributed by atoms with Crippen molar-refractivity contribution in [3.05, 3.63) is 40.5 Å². The summed E-state index contributed by atoms with van der Waals surface area (Å²) >= 11 is 6.85. The monoisotopic (exact) mass is 390 g/mol. The second-order valence-corrected chi connectivity index (χ2v) is 6.68. The Morgan fingerprint density at radius 1 is 1.35 bits per heavy atom. The van der Waals surface area contributed by atoms with E-state index >= 15 is 0 Å². The number of thiophene rings is 1. The molecule has 2 N–H and O–H groups in total. The van der Waals surface area contributed by atoms with Crippen LogP contribution in [0.15, 0.2) is 35.7 Å². The van der Waals surface area contributed by atoms with Crippen LogP contribution in [-0.2, 0) is 11.3 Å². The summed E-state index contributed by atoms with van der Waals surface area (Å²) in [5.74, 6) is 1.79. The molecule has 0 radical (unpaired) electrons. The van der Waals surface area contributed by atoms with Gasteiger partial charge in [0.2, 0.25) is 5.91 Å². The summed E-state index contributed by atoms with van der Waals surface area (Å²) < 4.78 is 12.8. The second-order valence-electron chi connectivity index (χ2n) is 5.35. The summed E-state index contributed by atoms with van der Waals surface area (Å²) in [6, 6.07) is 9.14. The largest absolute Gasteiger partial charge is 0.497 e. The van der Waals surface area contributed by atoms with Gasteiger partial charge in [-0.05, 0) is 35.8 Å². The van der Waals surface area contributed by atoms with Crippen molar-refractivity contribution in [1.82, 2.24) is 14.8 Å². The predicted octanol–water partition coefficient (Wildman–Crippen LogP) is 3.72. The van der Waals surface area contributed by atoms with Gasteiger partial charge in [-0.15, -0.1) is 11.3 Å². The van der Waals surface area contributed by atoms with Gasteiger partial charge in [-0.1, -0.05) is 6.07 Å². The molecule has 0 spiro atoms. The van der Waals surface area contributed by atoms with Crippen LogP contribution in [0.1, 0.15) is 6.42 Å². The van der Waals surface area contributed by atoms with E-state index in [0.717, 1.165) is 10.7 Å². The van der Waals surface area contributed by atoms with Crippen LogP contribution in [0.2, 0.25) is 0 Å². The molecule has 3 aromatic rings. The lowest BCUT2D eigenvalue weighted by Crippen LogP contribution is -2.15. The average molecular weight is 390 g/mol. The number of hydrogen-bond acceptors (Lipinski definition) is 6. The second kappa shape index (κ2) is 8.15. The van der Waals surface area contributed by atoms with Crippen molar-refractivity contribution in [1.29, 1.82) is 0 Å². The van der Waals surface area contributed by atoms with Gasteiger partial charge in [0.25, 0.3) is 0 Å². The lowest BCUT2D eigenvalue weighted by Gasteiger charge is -2.12. The highest BCUT2D eigenvalue weighted by molar-refractivity contribution is 7.71. The van der Waals surface area contributed by atoms with E-state index in [1.807, 2.05) is 22.1 Å². The number of carbonyl (C=O) groups is 1. The smallest absolute Gasteiger partial charge is 0.226 e. The number of nitrogens with one attached hydrogen (secondary N) is 2. The van der Waals surface area contributed by atoms with Crippen molar-refractivity contribution >= 4 is 35.1 Å². The number of benzene rings is 1. The Kier molecular flexibility index (Phi) is 5.69. The number of methoxy groups -OCH3 is 2. The number of hydrogen-bond donors (Lipinski definition) is 2.